The maximum absolute atomic E-state index is 5.19. The number of ether oxygens (including phenoxy) is 1. The summed E-state index contributed by atoms with van der Waals surface area (Å²) in [6.45, 7) is 8.21. The second-order valence-corrected chi connectivity index (χ2v) is 4.51. The average molecular weight is 268 g/mol. The molecule has 2 N–H and O–H groups in total. The van der Waals surface area contributed by atoms with Crippen LogP contribution in [0, 0.1) is 13.8 Å². The Labute approximate surface area is 114 Å². The minimum atomic E-state index is 0.312. The van der Waals surface area contributed by atoms with Crippen LogP contribution in [0.1, 0.15) is 29.9 Å². The molecule has 6 nitrogen and oxygen atoms in total. The van der Waals surface area contributed by atoms with E-state index in [0.29, 0.717) is 12.5 Å². The molecule has 1 aromatic rings. The van der Waals surface area contributed by atoms with Crippen molar-refractivity contribution < 1.29 is 9.26 Å². The fourth-order valence-corrected chi connectivity index (χ4v) is 2.04. The van der Waals surface area contributed by atoms with Crippen molar-refractivity contribution in [2.45, 2.75) is 26.7 Å². The lowest BCUT2D eigenvalue weighted by Gasteiger charge is -2.15. The third-order valence-electron chi connectivity index (χ3n) is 2.98. The second-order valence-electron chi connectivity index (χ2n) is 4.51. The van der Waals surface area contributed by atoms with Crippen molar-refractivity contribution in [3.05, 3.63) is 17.0 Å². The molecule has 0 radical (unpaired) electrons. The largest absolute Gasteiger partial charge is 0.383 e. The Morgan fingerprint density at radius 3 is 2.68 bits per heavy atom. The fourth-order valence-electron chi connectivity index (χ4n) is 2.04. The number of guanidine groups is 1. The van der Waals surface area contributed by atoms with E-state index in [1.165, 1.54) is 5.56 Å². The van der Waals surface area contributed by atoms with E-state index in [4.69, 9.17) is 9.26 Å². The number of methoxy groups -OCH3 is 1. The summed E-state index contributed by atoms with van der Waals surface area (Å²) in [5.74, 6) is 1.97. The first-order chi connectivity index (χ1) is 9.10. The van der Waals surface area contributed by atoms with Crippen molar-refractivity contribution in [2.75, 3.05) is 33.9 Å². The number of nitrogens with zero attached hydrogens (tertiary/aromatic N) is 2. The van der Waals surface area contributed by atoms with Crippen LogP contribution in [0.3, 0.4) is 0 Å². The zero-order valence-corrected chi connectivity index (χ0v) is 12.4. The molecule has 1 aromatic heterocycles. The molecular weight excluding hydrogens is 244 g/mol. The van der Waals surface area contributed by atoms with Crippen LogP contribution >= 0.6 is 0 Å². The predicted molar refractivity (Wildman–Crippen MR) is 75.6 cm³/mol. The third kappa shape index (κ3) is 4.55. The molecule has 1 heterocycles. The molecule has 0 saturated heterocycles. The zero-order chi connectivity index (χ0) is 14.3. The SMILES string of the molecule is CN=C(NCCOC)NCC(C)c1c(C)noc1C. The number of hydrogen-bond acceptors (Lipinski definition) is 4. The van der Waals surface area contributed by atoms with Gasteiger partial charge in [-0.25, -0.2) is 0 Å². The van der Waals surface area contributed by atoms with Crippen molar-refractivity contribution in [3.8, 4) is 0 Å². The Hall–Kier alpha value is -1.56. The first-order valence-electron chi connectivity index (χ1n) is 6.46. The van der Waals surface area contributed by atoms with E-state index in [-0.39, 0.29) is 0 Å². The topological polar surface area (TPSA) is 71.7 Å². The van der Waals surface area contributed by atoms with E-state index in [0.717, 1.165) is 30.5 Å². The number of hydrogen-bond donors (Lipinski definition) is 2. The summed E-state index contributed by atoms with van der Waals surface area (Å²) in [6.07, 6.45) is 0. The predicted octanol–water partition coefficient (Wildman–Crippen LogP) is 1.21. The summed E-state index contributed by atoms with van der Waals surface area (Å²) in [4.78, 5) is 4.16. The van der Waals surface area contributed by atoms with Crippen LogP contribution in [-0.4, -0.2) is 45.0 Å². The first kappa shape index (κ1) is 15.5. The molecule has 1 atom stereocenters. The van der Waals surface area contributed by atoms with Crippen LogP contribution in [0.4, 0.5) is 0 Å². The van der Waals surface area contributed by atoms with Gasteiger partial charge in [-0.3, -0.25) is 4.99 Å². The van der Waals surface area contributed by atoms with Crippen LogP contribution in [0.15, 0.2) is 9.52 Å². The van der Waals surface area contributed by atoms with Gasteiger partial charge in [0.15, 0.2) is 5.96 Å². The van der Waals surface area contributed by atoms with Gasteiger partial charge in [0.25, 0.3) is 0 Å². The minimum Gasteiger partial charge on any atom is -0.383 e. The standard InChI is InChI=1S/C13H24N4O2/c1-9(12-10(2)17-19-11(12)3)8-16-13(14-4)15-6-7-18-5/h9H,6-8H2,1-5H3,(H2,14,15,16). The van der Waals surface area contributed by atoms with Gasteiger partial charge in [0.1, 0.15) is 5.76 Å². The molecule has 108 valence electrons. The Morgan fingerprint density at radius 2 is 2.16 bits per heavy atom. The number of aryl methyl sites for hydroxylation is 2. The number of nitrogens with one attached hydrogen (secondary N) is 2. The van der Waals surface area contributed by atoms with Crippen molar-refractivity contribution in [1.29, 1.82) is 0 Å². The first-order valence-corrected chi connectivity index (χ1v) is 6.46. The number of rotatable bonds is 6. The Kier molecular flexibility index (Phi) is 6.35. The maximum atomic E-state index is 5.19. The van der Waals surface area contributed by atoms with Crippen molar-refractivity contribution in [1.82, 2.24) is 15.8 Å². The molecule has 1 rings (SSSR count). The van der Waals surface area contributed by atoms with E-state index in [9.17, 15) is 0 Å². The van der Waals surface area contributed by atoms with E-state index in [1.54, 1.807) is 14.2 Å². The van der Waals surface area contributed by atoms with Gasteiger partial charge in [0.05, 0.1) is 12.3 Å². The van der Waals surface area contributed by atoms with E-state index in [2.05, 4.69) is 27.7 Å². The smallest absolute Gasteiger partial charge is 0.191 e. The quantitative estimate of drug-likeness (QED) is 0.461. The number of aliphatic imine (C=N–C) groups is 1. The Morgan fingerprint density at radius 1 is 1.42 bits per heavy atom. The Bertz CT molecular complexity index is 395. The van der Waals surface area contributed by atoms with Gasteiger partial charge in [-0.05, 0) is 13.8 Å². The lowest BCUT2D eigenvalue weighted by molar-refractivity contribution is 0.203. The van der Waals surface area contributed by atoms with Gasteiger partial charge in [-0.2, -0.15) is 0 Å². The van der Waals surface area contributed by atoms with Crippen LogP contribution < -0.4 is 10.6 Å². The van der Waals surface area contributed by atoms with Crippen molar-refractivity contribution in [3.63, 3.8) is 0 Å². The van der Waals surface area contributed by atoms with Crippen molar-refractivity contribution >= 4 is 5.96 Å². The summed E-state index contributed by atoms with van der Waals surface area (Å²) in [5.41, 5.74) is 2.12. The summed E-state index contributed by atoms with van der Waals surface area (Å²) in [7, 11) is 3.43. The summed E-state index contributed by atoms with van der Waals surface area (Å²) >= 11 is 0. The summed E-state index contributed by atoms with van der Waals surface area (Å²) in [6, 6.07) is 0. The molecule has 0 aliphatic carbocycles. The Balaban J connectivity index is 2.47. The summed E-state index contributed by atoms with van der Waals surface area (Å²) in [5, 5.41) is 10.4. The lowest BCUT2D eigenvalue weighted by atomic mass is 10.00. The third-order valence-corrected chi connectivity index (χ3v) is 2.98. The van der Waals surface area contributed by atoms with Crippen LogP contribution in [0.25, 0.3) is 0 Å². The van der Waals surface area contributed by atoms with Gasteiger partial charge in [0, 0.05) is 38.7 Å². The minimum absolute atomic E-state index is 0.312. The van der Waals surface area contributed by atoms with E-state index in [1.807, 2.05) is 13.8 Å². The fraction of sp³-hybridized carbons (Fsp3) is 0.692. The van der Waals surface area contributed by atoms with Crippen LogP contribution in [-0.2, 0) is 4.74 Å². The van der Waals surface area contributed by atoms with Gasteiger partial charge >= 0.3 is 0 Å². The molecule has 0 amide bonds. The highest BCUT2D eigenvalue weighted by Gasteiger charge is 2.16. The van der Waals surface area contributed by atoms with E-state index >= 15 is 0 Å². The highest BCUT2D eigenvalue weighted by atomic mass is 16.5. The molecule has 1 unspecified atom stereocenters. The molecule has 0 aliphatic rings. The van der Waals surface area contributed by atoms with Gasteiger partial charge in [-0.1, -0.05) is 12.1 Å². The highest BCUT2D eigenvalue weighted by Crippen LogP contribution is 2.22. The van der Waals surface area contributed by atoms with Crippen molar-refractivity contribution in [2.24, 2.45) is 4.99 Å². The molecule has 0 spiro atoms. The van der Waals surface area contributed by atoms with Crippen LogP contribution in [0.2, 0.25) is 0 Å². The molecule has 6 heteroatoms. The van der Waals surface area contributed by atoms with Crippen LogP contribution in [0.5, 0.6) is 0 Å². The lowest BCUT2D eigenvalue weighted by Crippen LogP contribution is -2.40. The number of aromatic nitrogens is 1. The van der Waals surface area contributed by atoms with Gasteiger partial charge in [-0.15, -0.1) is 0 Å². The molecule has 0 saturated carbocycles. The molecule has 19 heavy (non-hydrogen) atoms. The summed E-state index contributed by atoms with van der Waals surface area (Å²) < 4.78 is 10.2. The maximum Gasteiger partial charge on any atom is 0.191 e. The normalized spacial score (nSPS) is 13.4. The highest BCUT2D eigenvalue weighted by molar-refractivity contribution is 5.79. The zero-order valence-electron chi connectivity index (χ0n) is 12.4. The molecule has 0 aromatic carbocycles. The van der Waals surface area contributed by atoms with E-state index < -0.39 is 0 Å². The molecule has 0 fully saturated rings. The van der Waals surface area contributed by atoms with Gasteiger partial charge < -0.3 is 19.9 Å². The monoisotopic (exact) mass is 268 g/mol. The molecule has 0 aliphatic heterocycles. The average Bonchev–Trinajstić information content (AvgIpc) is 2.73. The molecular formula is C13H24N4O2. The second kappa shape index (κ2) is 7.78. The van der Waals surface area contributed by atoms with Gasteiger partial charge in [0.2, 0.25) is 0 Å². The molecule has 0 bridgehead atoms.